The van der Waals surface area contributed by atoms with Crippen LogP contribution in [0, 0.1) is 6.92 Å². The number of hydrogen-bond donors (Lipinski definition) is 1. The Kier molecular flexibility index (Phi) is 6.49. The Hall–Kier alpha value is -4.00. The molecular weight excluding hydrogens is 418 g/mol. The first-order valence-corrected chi connectivity index (χ1v) is 10.8. The number of aryl methyl sites for hydroxylation is 1. The maximum Gasteiger partial charge on any atom is 0.411 e. The monoisotopic (exact) mass is 445 g/mol. The van der Waals surface area contributed by atoms with E-state index in [9.17, 15) is 9.59 Å². The van der Waals surface area contributed by atoms with Crippen molar-refractivity contribution in [2.75, 3.05) is 35.8 Å². The lowest BCUT2D eigenvalue weighted by Crippen LogP contribution is -2.28. The lowest BCUT2D eigenvalue weighted by molar-refractivity contribution is -0.117. The molecule has 0 spiro atoms. The molecule has 170 valence electrons. The summed E-state index contributed by atoms with van der Waals surface area (Å²) in [5.41, 5.74) is 4.40. The summed E-state index contributed by atoms with van der Waals surface area (Å²) in [6.07, 6.45) is -0.960. The number of anilines is 4. The average Bonchev–Trinajstić information content (AvgIpc) is 3.19. The molecule has 1 aliphatic heterocycles. The maximum absolute atomic E-state index is 12.6. The van der Waals surface area contributed by atoms with E-state index in [1.807, 2.05) is 86.8 Å². The molecule has 0 radical (unpaired) electrons. The highest BCUT2D eigenvalue weighted by atomic mass is 16.6. The van der Waals surface area contributed by atoms with E-state index in [1.54, 1.807) is 12.0 Å². The Morgan fingerprint density at radius 1 is 1.03 bits per heavy atom. The van der Waals surface area contributed by atoms with E-state index in [1.165, 1.54) is 0 Å². The maximum atomic E-state index is 12.6. The van der Waals surface area contributed by atoms with Crippen LogP contribution < -0.4 is 19.9 Å². The molecule has 2 amide bonds. The smallest absolute Gasteiger partial charge is 0.411 e. The fourth-order valence-electron chi connectivity index (χ4n) is 3.86. The van der Waals surface area contributed by atoms with Crippen molar-refractivity contribution < 1.29 is 19.1 Å². The third-order valence-corrected chi connectivity index (χ3v) is 5.71. The van der Waals surface area contributed by atoms with Crippen molar-refractivity contribution in [3.63, 3.8) is 0 Å². The Labute approximate surface area is 193 Å². The van der Waals surface area contributed by atoms with E-state index in [0.717, 1.165) is 22.6 Å². The summed E-state index contributed by atoms with van der Waals surface area (Å²) in [5.74, 6) is 0.587. The lowest BCUT2D eigenvalue weighted by atomic mass is 10.1. The van der Waals surface area contributed by atoms with Crippen molar-refractivity contribution >= 4 is 34.7 Å². The van der Waals surface area contributed by atoms with Crippen LogP contribution in [0.15, 0.2) is 72.8 Å². The number of carbonyl (C=O) groups excluding carboxylic acids is 2. The van der Waals surface area contributed by atoms with E-state index in [-0.39, 0.29) is 12.3 Å². The SMILES string of the molecule is COc1ccc(C)c(N2CC(OC(=O)Nc3ccc(N(C)c4ccccc4)cc3)CC2=O)c1. The van der Waals surface area contributed by atoms with Gasteiger partial charge in [0, 0.05) is 30.2 Å². The van der Waals surface area contributed by atoms with Gasteiger partial charge in [0.25, 0.3) is 0 Å². The van der Waals surface area contributed by atoms with E-state index >= 15 is 0 Å². The van der Waals surface area contributed by atoms with Gasteiger partial charge in [0.1, 0.15) is 11.9 Å². The molecule has 3 aromatic rings. The molecule has 1 atom stereocenters. The number of para-hydroxylation sites is 1. The first-order chi connectivity index (χ1) is 15.9. The highest BCUT2D eigenvalue weighted by molar-refractivity contribution is 5.97. The number of methoxy groups -OCH3 is 1. The van der Waals surface area contributed by atoms with Crippen LogP contribution >= 0.6 is 0 Å². The van der Waals surface area contributed by atoms with Gasteiger partial charge in [-0.2, -0.15) is 0 Å². The van der Waals surface area contributed by atoms with Gasteiger partial charge in [-0.3, -0.25) is 10.1 Å². The number of ether oxygens (including phenoxy) is 2. The Morgan fingerprint density at radius 3 is 2.42 bits per heavy atom. The molecule has 1 N–H and O–H groups in total. The minimum absolute atomic E-state index is 0.0857. The molecule has 0 aromatic heterocycles. The van der Waals surface area contributed by atoms with Gasteiger partial charge < -0.3 is 19.3 Å². The first-order valence-electron chi connectivity index (χ1n) is 10.8. The van der Waals surface area contributed by atoms with Gasteiger partial charge in [-0.15, -0.1) is 0 Å². The second-order valence-corrected chi connectivity index (χ2v) is 7.95. The molecule has 1 aliphatic rings. The molecule has 7 nitrogen and oxygen atoms in total. The first kappa shape index (κ1) is 22.2. The summed E-state index contributed by atoms with van der Waals surface area (Å²) in [7, 11) is 3.57. The fraction of sp³-hybridized carbons (Fsp3) is 0.231. The second kappa shape index (κ2) is 9.65. The molecule has 3 aromatic carbocycles. The molecule has 1 fully saturated rings. The number of rotatable bonds is 6. The Morgan fingerprint density at radius 2 is 1.73 bits per heavy atom. The topological polar surface area (TPSA) is 71.1 Å². The molecule has 0 aliphatic carbocycles. The third-order valence-electron chi connectivity index (χ3n) is 5.71. The molecule has 33 heavy (non-hydrogen) atoms. The van der Waals surface area contributed by atoms with Crippen LogP contribution in [0.2, 0.25) is 0 Å². The van der Waals surface area contributed by atoms with E-state index < -0.39 is 12.2 Å². The highest BCUT2D eigenvalue weighted by Crippen LogP contribution is 2.30. The van der Waals surface area contributed by atoms with Crippen LogP contribution in [0.25, 0.3) is 0 Å². The van der Waals surface area contributed by atoms with Crippen molar-refractivity contribution in [3.05, 3.63) is 78.4 Å². The number of nitrogens with zero attached hydrogens (tertiary/aromatic N) is 2. The fourth-order valence-corrected chi connectivity index (χ4v) is 3.86. The standard InChI is InChI=1S/C26H27N3O4/c1-18-9-14-22(32-3)15-24(18)29-17-23(16-25(29)30)33-26(31)27-19-10-12-21(13-11-19)28(2)20-7-5-4-6-8-20/h4-15,23H,16-17H2,1-3H3,(H,27,31). The molecule has 4 rings (SSSR count). The number of benzene rings is 3. The van der Waals surface area contributed by atoms with Crippen LogP contribution in [0.1, 0.15) is 12.0 Å². The summed E-state index contributed by atoms with van der Waals surface area (Å²) >= 11 is 0. The molecule has 0 saturated carbocycles. The third kappa shape index (κ3) is 5.09. The normalized spacial score (nSPS) is 15.3. The molecule has 0 bridgehead atoms. The zero-order valence-electron chi connectivity index (χ0n) is 18.9. The van der Waals surface area contributed by atoms with E-state index in [4.69, 9.17) is 9.47 Å². The van der Waals surface area contributed by atoms with Crippen molar-refractivity contribution in [2.45, 2.75) is 19.4 Å². The molecule has 1 saturated heterocycles. The van der Waals surface area contributed by atoms with E-state index in [2.05, 4.69) is 10.2 Å². The minimum atomic E-state index is -0.582. The summed E-state index contributed by atoms with van der Waals surface area (Å²) < 4.78 is 10.8. The number of hydrogen-bond acceptors (Lipinski definition) is 5. The average molecular weight is 446 g/mol. The number of amides is 2. The van der Waals surface area contributed by atoms with Crippen molar-refractivity contribution in [1.29, 1.82) is 0 Å². The van der Waals surface area contributed by atoms with Crippen LogP contribution in [0.3, 0.4) is 0 Å². The summed E-state index contributed by atoms with van der Waals surface area (Å²) in [5, 5.41) is 2.74. The van der Waals surface area contributed by atoms with Crippen LogP contribution in [-0.2, 0) is 9.53 Å². The summed E-state index contributed by atoms with van der Waals surface area (Å²) in [6.45, 7) is 2.24. The largest absolute Gasteiger partial charge is 0.497 e. The van der Waals surface area contributed by atoms with Crippen LogP contribution in [0.5, 0.6) is 5.75 Å². The quantitative estimate of drug-likeness (QED) is 0.570. The second-order valence-electron chi connectivity index (χ2n) is 7.95. The minimum Gasteiger partial charge on any atom is -0.497 e. The van der Waals surface area contributed by atoms with Crippen molar-refractivity contribution in [3.8, 4) is 5.75 Å². The van der Waals surface area contributed by atoms with Crippen molar-refractivity contribution in [2.24, 2.45) is 0 Å². The lowest BCUT2D eigenvalue weighted by Gasteiger charge is -2.20. The van der Waals surface area contributed by atoms with E-state index in [0.29, 0.717) is 18.0 Å². The van der Waals surface area contributed by atoms with Crippen LogP contribution in [0.4, 0.5) is 27.5 Å². The predicted octanol–water partition coefficient (Wildman–Crippen LogP) is 5.13. The molecule has 1 heterocycles. The van der Waals surface area contributed by atoms with Gasteiger partial charge in [0.05, 0.1) is 25.8 Å². The summed E-state index contributed by atoms with van der Waals surface area (Å²) in [4.78, 5) is 28.7. The Balaban J connectivity index is 1.35. The number of carbonyl (C=O) groups is 2. The van der Waals surface area contributed by atoms with Gasteiger partial charge in [-0.25, -0.2) is 4.79 Å². The van der Waals surface area contributed by atoms with Gasteiger partial charge in [0.2, 0.25) is 5.91 Å². The predicted molar refractivity (Wildman–Crippen MR) is 130 cm³/mol. The molecule has 1 unspecified atom stereocenters. The van der Waals surface area contributed by atoms with Gasteiger partial charge in [-0.1, -0.05) is 24.3 Å². The van der Waals surface area contributed by atoms with Gasteiger partial charge >= 0.3 is 6.09 Å². The van der Waals surface area contributed by atoms with Crippen molar-refractivity contribution in [1.82, 2.24) is 0 Å². The summed E-state index contributed by atoms with van der Waals surface area (Å²) in [6, 6.07) is 23.1. The zero-order chi connectivity index (χ0) is 23.4. The van der Waals surface area contributed by atoms with Gasteiger partial charge in [0.15, 0.2) is 0 Å². The highest BCUT2D eigenvalue weighted by Gasteiger charge is 2.34. The number of nitrogens with one attached hydrogen (secondary N) is 1. The Bertz CT molecular complexity index is 1130. The molecule has 7 heteroatoms. The van der Waals surface area contributed by atoms with Crippen LogP contribution in [-0.4, -0.2) is 38.8 Å². The zero-order valence-corrected chi connectivity index (χ0v) is 18.9. The molecular formula is C26H27N3O4. The van der Waals surface area contributed by atoms with Gasteiger partial charge in [-0.05, 0) is 55.0 Å².